The highest BCUT2D eigenvalue weighted by atomic mass is 35.5. The van der Waals surface area contributed by atoms with Crippen molar-refractivity contribution in [3.8, 4) is 0 Å². The molecule has 1 heterocycles. The zero-order chi connectivity index (χ0) is 15.2. The van der Waals surface area contributed by atoms with E-state index in [1.807, 2.05) is 37.3 Å². The molecule has 1 aromatic heterocycles. The lowest BCUT2D eigenvalue weighted by Crippen LogP contribution is -2.16. The molecule has 21 heavy (non-hydrogen) atoms. The van der Waals surface area contributed by atoms with Crippen LogP contribution in [0.5, 0.6) is 0 Å². The minimum Gasteiger partial charge on any atom is -0.307 e. The van der Waals surface area contributed by atoms with Crippen molar-refractivity contribution >= 4 is 23.3 Å². The normalized spacial score (nSPS) is 11.5. The maximum Gasteiger partial charge on any atom is 0.252 e. The summed E-state index contributed by atoms with van der Waals surface area (Å²) in [5.41, 5.74) is 1.77. The number of aromatic nitrogens is 2. The molecule has 110 valence electrons. The second kappa shape index (κ2) is 7.09. The number of nitrogens with one attached hydrogen (secondary N) is 1. The molecule has 0 atom stereocenters. The van der Waals surface area contributed by atoms with E-state index < -0.39 is 0 Å². The molecule has 0 saturated carbocycles. The van der Waals surface area contributed by atoms with Gasteiger partial charge in [0.1, 0.15) is 5.82 Å². The third-order valence-corrected chi connectivity index (χ3v) is 3.32. The van der Waals surface area contributed by atoms with E-state index in [0.29, 0.717) is 23.0 Å². The molecule has 0 fully saturated rings. The largest absolute Gasteiger partial charge is 0.307 e. The van der Waals surface area contributed by atoms with Crippen molar-refractivity contribution in [1.29, 1.82) is 0 Å². The number of rotatable bonds is 5. The number of allylic oxidation sites excluding steroid dienone is 1. The predicted molar refractivity (Wildman–Crippen MR) is 85.5 cm³/mol. The van der Waals surface area contributed by atoms with Crippen LogP contribution in [0.25, 0.3) is 0 Å². The molecule has 0 saturated heterocycles. The van der Waals surface area contributed by atoms with E-state index >= 15 is 0 Å². The minimum absolute atomic E-state index is 0.102. The molecule has 2 aromatic rings. The van der Waals surface area contributed by atoms with Gasteiger partial charge in [0, 0.05) is 16.7 Å². The molecule has 0 aliphatic heterocycles. The van der Waals surface area contributed by atoms with Crippen molar-refractivity contribution in [3.63, 3.8) is 0 Å². The lowest BCUT2D eigenvalue weighted by molar-refractivity contribution is -0.112. The van der Waals surface area contributed by atoms with Gasteiger partial charge in [-0.2, -0.15) is 5.10 Å². The minimum atomic E-state index is -0.102. The van der Waals surface area contributed by atoms with Gasteiger partial charge in [0.05, 0.1) is 12.7 Å². The van der Waals surface area contributed by atoms with E-state index in [1.165, 1.54) is 0 Å². The fourth-order valence-corrected chi connectivity index (χ4v) is 2.07. The van der Waals surface area contributed by atoms with Gasteiger partial charge in [0.2, 0.25) is 0 Å². The molecule has 0 unspecified atom stereocenters. The average Bonchev–Trinajstić information content (AvgIpc) is 2.89. The fraction of sp³-hybridized carbons (Fsp3) is 0.250. The first-order valence-corrected chi connectivity index (χ1v) is 7.22. The molecule has 0 aliphatic carbocycles. The molecular weight excluding hydrogens is 286 g/mol. The van der Waals surface area contributed by atoms with Crippen LogP contribution in [0.2, 0.25) is 5.02 Å². The lowest BCUT2D eigenvalue weighted by atomic mass is 10.2. The first-order chi connectivity index (χ1) is 10.1. The van der Waals surface area contributed by atoms with E-state index in [1.54, 1.807) is 23.9 Å². The predicted octanol–water partition coefficient (Wildman–Crippen LogP) is 3.88. The van der Waals surface area contributed by atoms with Crippen LogP contribution in [0, 0.1) is 0 Å². The summed E-state index contributed by atoms with van der Waals surface area (Å²) in [7, 11) is 0. The third kappa shape index (κ3) is 4.20. The monoisotopic (exact) mass is 303 g/mol. The van der Waals surface area contributed by atoms with Crippen molar-refractivity contribution in [2.75, 3.05) is 5.32 Å². The molecule has 5 heteroatoms. The number of hydrogen-bond acceptors (Lipinski definition) is 2. The van der Waals surface area contributed by atoms with E-state index in [2.05, 4.69) is 10.4 Å². The molecule has 1 N–H and O–H groups in total. The summed E-state index contributed by atoms with van der Waals surface area (Å²) in [5, 5.41) is 7.82. The van der Waals surface area contributed by atoms with Gasteiger partial charge in [0.15, 0.2) is 0 Å². The van der Waals surface area contributed by atoms with Crippen molar-refractivity contribution < 1.29 is 4.79 Å². The van der Waals surface area contributed by atoms with Crippen molar-refractivity contribution in [1.82, 2.24) is 9.78 Å². The molecule has 2 rings (SSSR count). The first-order valence-electron chi connectivity index (χ1n) is 6.84. The molecule has 1 aromatic carbocycles. The van der Waals surface area contributed by atoms with Crippen molar-refractivity contribution in [2.24, 2.45) is 0 Å². The summed E-state index contributed by atoms with van der Waals surface area (Å²) in [6.07, 6.45) is 4.41. The Balaban J connectivity index is 2.10. The molecule has 0 bridgehead atoms. The highest BCUT2D eigenvalue weighted by molar-refractivity contribution is 6.30. The van der Waals surface area contributed by atoms with E-state index in [-0.39, 0.29) is 5.91 Å². The Morgan fingerprint density at radius 3 is 2.71 bits per heavy atom. The number of amides is 1. The molecule has 4 nitrogen and oxygen atoms in total. The van der Waals surface area contributed by atoms with E-state index in [9.17, 15) is 4.79 Å². The molecule has 1 amide bonds. The second-order valence-electron chi connectivity index (χ2n) is 4.75. The number of nitrogens with zero attached hydrogens (tertiary/aromatic N) is 2. The number of carbonyl (C=O) groups excluding carboxylic acids is 1. The summed E-state index contributed by atoms with van der Waals surface area (Å²) in [4.78, 5) is 12.0. The highest BCUT2D eigenvalue weighted by Crippen LogP contribution is 2.14. The van der Waals surface area contributed by atoms with Gasteiger partial charge in [0.25, 0.3) is 5.91 Å². The summed E-state index contributed by atoms with van der Waals surface area (Å²) >= 11 is 5.87. The summed E-state index contributed by atoms with van der Waals surface area (Å²) in [6, 6.07) is 9.35. The zero-order valence-electron chi connectivity index (χ0n) is 12.1. The number of halogens is 1. The zero-order valence-corrected chi connectivity index (χ0v) is 12.9. The van der Waals surface area contributed by atoms with Crippen LogP contribution in [-0.4, -0.2) is 15.7 Å². The Hall–Kier alpha value is -2.07. The van der Waals surface area contributed by atoms with Gasteiger partial charge >= 0.3 is 0 Å². The smallest absolute Gasteiger partial charge is 0.252 e. The van der Waals surface area contributed by atoms with Crippen molar-refractivity contribution in [2.45, 2.75) is 26.8 Å². The molecule has 0 aliphatic rings. The number of carbonyl (C=O) groups is 1. The Labute approximate surface area is 129 Å². The topological polar surface area (TPSA) is 46.9 Å². The van der Waals surface area contributed by atoms with Crippen LogP contribution < -0.4 is 5.32 Å². The Bertz CT molecular complexity index is 644. The van der Waals surface area contributed by atoms with Gasteiger partial charge in [-0.25, -0.2) is 4.68 Å². The number of hydrogen-bond donors (Lipinski definition) is 1. The van der Waals surface area contributed by atoms with Crippen LogP contribution in [0.3, 0.4) is 0 Å². The van der Waals surface area contributed by atoms with Crippen LogP contribution in [0.4, 0.5) is 5.82 Å². The third-order valence-electron chi connectivity index (χ3n) is 3.07. The van der Waals surface area contributed by atoms with Gasteiger partial charge < -0.3 is 5.32 Å². The van der Waals surface area contributed by atoms with Crippen LogP contribution >= 0.6 is 11.6 Å². The van der Waals surface area contributed by atoms with Crippen molar-refractivity contribution in [3.05, 3.63) is 58.8 Å². The highest BCUT2D eigenvalue weighted by Gasteiger charge is 2.09. The quantitative estimate of drug-likeness (QED) is 0.852. The van der Waals surface area contributed by atoms with Gasteiger partial charge in [-0.1, -0.05) is 36.7 Å². The Morgan fingerprint density at radius 2 is 2.05 bits per heavy atom. The number of anilines is 1. The Morgan fingerprint density at radius 1 is 1.33 bits per heavy atom. The van der Waals surface area contributed by atoms with E-state index in [4.69, 9.17) is 11.6 Å². The second-order valence-corrected chi connectivity index (χ2v) is 5.19. The molecular formula is C16H18ClN3O. The SMILES string of the molecule is CC/C=C(/C)C(=O)Nc1ccnn1Cc1ccc(Cl)cc1. The first kappa shape index (κ1) is 15.3. The lowest BCUT2D eigenvalue weighted by Gasteiger charge is -2.09. The standard InChI is InChI=1S/C16H18ClN3O/c1-3-4-12(2)16(21)19-15-9-10-18-20(15)11-13-5-7-14(17)8-6-13/h4-10H,3,11H2,1-2H3,(H,19,21)/b12-4-. The maximum absolute atomic E-state index is 12.0. The molecule has 0 spiro atoms. The fourth-order valence-electron chi connectivity index (χ4n) is 1.94. The van der Waals surface area contributed by atoms with Crippen LogP contribution in [-0.2, 0) is 11.3 Å². The van der Waals surface area contributed by atoms with Gasteiger partial charge in [-0.15, -0.1) is 0 Å². The summed E-state index contributed by atoms with van der Waals surface area (Å²) in [6.45, 7) is 4.39. The van der Waals surface area contributed by atoms with Crippen LogP contribution in [0.1, 0.15) is 25.8 Å². The average molecular weight is 304 g/mol. The Kier molecular flexibility index (Phi) is 5.17. The van der Waals surface area contributed by atoms with Crippen LogP contribution in [0.15, 0.2) is 48.2 Å². The summed E-state index contributed by atoms with van der Waals surface area (Å²) < 4.78 is 1.75. The summed E-state index contributed by atoms with van der Waals surface area (Å²) in [5.74, 6) is 0.577. The van der Waals surface area contributed by atoms with Gasteiger partial charge in [-0.05, 0) is 31.0 Å². The van der Waals surface area contributed by atoms with E-state index in [0.717, 1.165) is 12.0 Å². The van der Waals surface area contributed by atoms with Gasteiger partial charge in [-0.3, -0.25) is 4.79 Å². The maximum atomic E-state index is 12.0. The number of benzene rings is 1. The molecule has 0 radical (unpaired) electrons.